The van der Waals surface area contributed by atoms with Crippen LogP contribution in [0.5, 0.6) is 0 Å². The fraction of sp³-hybridized carbons (Fsp3) is 0.0588. The summed E-state index contributed by atoms with van der Waals surface area (Å²) in [5, 5.41) is 8.86. The van der Waals surface area contributed by atoms with Gasteiger partial charge in [0.05, 0.1) is 0 Å². The van der Waals surface area contributed by atoms with Gasteiger partial charge in [0.15, 0.2) is 0 Å². The molecule has 1 aliphatic heterocycles. The first-order chi connectivity index (χ1) is 11.6. The average molecular weight is 469 g/mol. The van der Waals surface area contributed by atoms with E-state index in [0.717, 1.165) is 16.8 Å². The smallest absolute Gasteiger partial charge is 0.226 e. The van der Waals surface area contributed by atoms with Crippen LogP contribution >= 0.6 is 45.8 Å². The van der Waals surface area contributed by atoms with Crippen LogP contribution in [0.1, 0.15) is 17.2 Å². The summed E-state index contributed by atoms with van der Waals surface area (Å²) in [6, 6.07) is 13.6. The number of benzene rings is 2. The Hall–Kier alpha value is -1.57. The number of rotatable bonds is 2. The van der Waals surface area contributed by atoms with Crippen LogP contribution in [0.25, 0.3) is 5.70 Å². The number of hydrogen-bond acceptors (Lipinski definition) is 3. The zero-order valence-corrected chi connectivity index (χ0v) is 15.9. The molecular weight excluding hydrogens is 458 g/mol. The van der Waals surface area contributed by atoms with E-state index < -0.39 is 0 Å². The van der Waals surface area contributed by atoms with Gasteiger partial charge in [-0.1, -0.05) is 41.4 Å². The number of allylic oxidation sites excluding steroid dienone is 1. The van der Waals surface area contributed by atoms with Crippen molar-refractivity contribution in [2.45, 2.75) is 6.04 Å². The molecule has 0 saturated heterocycles. The van der Waals surface area contributed by atoms with Crippen molar-refractivity contribution in [1.82, 2.24) is 14.8 Å². The van der Waals surface area contributed by atoms with Crippen LogP contribution in [0.3, 0.4) is 0 Å². The zero-order valence-electron chi connectivity index (χ0n) is 12.2. The van der Waals surface area contributed by atoms with Gasteiger partial charge in [0.2, 0.25) is 5.95 Å². The molecule has 0 radical (unpaired) electrons. The molecule has 3 aromatic rings. The molecule has 0 saturated carbocycles. The molecule has 0 spiro atoms. The molecule has 4 nitrogen and oxygen atoms in total. The van der Waals surface area contributed by atoms with Crippen LogP contribution in [0.4, 0.5) is 5.95 Å². The van der Waals surface area contributed by atoms with Gasteiger partial charge in [0.1, 0.15) is 12.4 Å². The molecule has 1 aromatic heterocycles. The average Bonchev–Trinajstić information content (AvgIpc) is 3.03. The van der Waals surface area contributed by atoms with Gasteiger partial charge in [-0.2, -0.15) is 10.1 Å². The number of aromatic nitrogens is 3. The van der Waals surface area contributed by atoms with E-state index in [1.807, 2.05) is 16.8 Å². The lowest BCUT2D eigenvalue weighted by Crippen LogP contribution is -2.20. The van der Waals surface area contributed by atoms with Crippen molar-refractivity contribution >= 4 is 57.4 Å². The number of fused-ring (bicyclic) bond motifs is 1. The largest absolute Gasteiger partial charge is 0.324 e. The second-order valence-corrected chi connectivity index (χ2v) is 7.44. The monoisotopic (exact) mass is 468 g/mol. The van der Waals surface area contributed by atoms with E-state index in [2.05, 4.69) is 68.3 Å². The van der Waals surface area contributed by atoms with Gasteiger partial charge in [0, 0.05) is 19.3 Å². The van der Waals surface area contributed by atoms with Gasteiger partial charge in [0.25, 0.3) is 0 Å². The summed E-state index contributed by atoms with van der Waals surface area (Å²) in [7, 11) is 0. The number of anilines is 1. The molecule has 24 heavy (non-hydrogen) atoms. The first kappa shape index (κ1) is 15.9. The van der Waals surface area contributed by atoms with Crippen LogP contribution in [-0.2, 0) is 0 Å². The lowest BCUT2D eigenvalue weighted by Gasteiger charge is -2.25. The Balaban J connectivity index is 1.83. The molecule has 0 unspecified atom stereocenters. The molecule has 2 aromatic carbocycles. The summed E-state index contributed by atoms with van der Waals surface area (Å²) < 4.78 is 3.00. The van der Waals surface area contributed by atoms with Gasteiger partial charge in [-0.05, 0) is 64.1 Å². The molecule has 1 atom stereocenters. The molecule has 1 N–H and O–H groups in total. The van der Waals surface area contributed by atoms with E-state index >= 15 is 0 Å². The van der Waals surface area contributed by atoms with Gasteiger partial charge in [-0.25, -0.2) is 4.68 Å². The Morgan fingerprint density at radius 1 is 1.08 bits per heavy atom. The highest BCUT2D eigenvalue weighted by atomic mass is 127. The molecule has 0 bridgehead atoms. The van der Waals surface area contributed by atoms with Crippen molar-refractivity contribution in [1.29, 1.82) is 0 Å². The molecule has 0 amide bonds. The third kappa shape index (κ3) is 2.92. The fourth-order valence-electron chi connectivity index (χ4n) is 2.69. The summed E-state index contributed by atoms with van der Waals surface area (Å²) in [4.78, 5) is 4.30. The Morgan fingerprint density at radius 2 is 1.88 bits per heavy atom. The molecule has 1 aliphatic rings. The minimum atomic E-state index is -0.150. The lowest BCUT2D eigenvalue weighted by molar-refractivity contribution is 0.612. The third-order valence-electron chi connectivity index (χ3n) is 3.84. The van der Waals surface area contributed by atoms with Gasteiger partial charge < -0.3 is 5.32 Å². The normalized spacial score (nSPS) is 16.3. The summed E-state index contributed by atoms with van der Waals surface area (Å²) >= 11 is 14.7. The highest BCUT2D eigenvalue weighted by Gasteiger charge is 2.25. The van der Waals surface area contributed by atoms with E-state index in [9.17, 15) is 0 Å². The van der Waals surface area contributed by atoms with Crippen LogP contribution in [0.15, 0.2) is 54.9 Å². The first-order valence-electron chi connectivity index (χ1n) is 7.21. The van der Waals surface area contributed by atoms with Gasteiger partial charge in [-0.3, -0.25) is 0 Å². The number of nitrogens with zero attached hydrogens (tertiary/aromatic N) is 3. The third-order valence-corrected chi connectivity index (χ3v) is 5.13. The maximum Gasteiger partial charge on any atom is 0.226 e. The molecule has 0 fully saturated rings. The number of hydrogen-bond donors (Lipinski definition) is 1. The second kappa shape index (κ2) is 6.38. The summed E-state index contributed by atoms with van der Waals surface area (Å²) in [6.45, 7) is 0. The summed E-state index contributed by atoms with van der Waals surface area (Å²) in [5.74, 6) is 0.682. The molecular formula is C17H11Cl2IN4. The van der Waals surface area contributed by atoms with Crippen molar-refractivity contribution in [3.05, 3.63) is 79.6 Å². The quantitative estimate of drug-likeness (QED) is 0.522. The molecule has 2 heterocycles. The van der Waals surface area contributed by atoms with Crippen LogP contribution < -0.4 is 5.32 Å². The SMILES string of the molecule is Clc1ccc([C@@H]2C=C(c3ccc(I)cc3)Nc3ncnn32)c(Cl)c1. The maximum atomic E-state index is 6.41. The Kier molecular flexibility index (Phi) is 4.24. The lowest BCUT2D eigenvalue weighted by atomic mass is 10.0. The van der Waals surface area contributed by atoms with E-state index in [4.69, 9.17) is 23.2 Å². The highest BCUT2D eigenvalue weighted by molar-refractivity contribution is 14.1. The molecule has 7 heteroatoms. The van der Waals surface area contributed by atoms with Crippen LogP contribution in [0.2, 0.25) is 10.0 Å². The topological polar surface area (TPSA) is 42.7 Å². The molecule has 0 aliphatic carbocycles. The van der Waals surface area contributed by atoms with Crippen LogP contribution in [0, 0.1) is 3.57 Å². The summed E-state index contributed by atoms with van der Waals surface area (Å²) in [6.07, 6.45) is 3.63. The van der Waals surface area contributed by atoms with Crippen molar-refractivity contribution in [3.8, 4) is 0 Å². The van der Waals surface area contributed by atoms with Crippen LogP contribution in [-0.4, -0.2) is 14.8 Å². The van der Waals surface area contributed by atoms with Crippen molar-refractivity contribution < 1.29 is 0 Å². The Bertz CT molecular complexity index is 934. The van der Waals surface area contributed by atoms with E-state index in [-0.39, 0.29) is 6.04 Å². The Labute approximate surface area is 162 Å². The first-order valence-corrected chi connectivity index (χ1v) is 9.04. The highest BCUT2D eigenvalue weighted by Crippen LogP contribution is 2.35. The zero-order chi connectivity index (χ0) is 16.7. The minimum Gasteiger partial charge on any atom is -0.324 e. The standard InChI is InChI=1S/C17H11Cl2IN4/c18-11-3-6-13(14(19)7-11)16-8-15(10-1-4-12(20)5-2-10)23-17-21-9-22-24(16)17/h1-9,16H,(H,21,22,23)/t16-/m0/s1. The predicted octanol–water partition coefficient (Wildman–Crippen LogP) is 5.25. The second-order valence-electron chi connectivity index (χ2n) is 5.35. The van der Waals surface area contributed by atoms with Crippen molar-refractivity contribution in [2.24, 2.45) is 0 Å². The minimum absolute atomic E-state index is 0.150. The Morgan fingerprint density at radius 3 is 2.62 bits per heavy atom. The van der Waals surface area contributed by atoms with Crippen molar-refractivity contribution in [2.75, 3.05) is 5.32 Å². The van der Waals surface area contributed by atoms with Crippen molar-refractivity contribution in [3.63, 3.8) is 0 Å². The van der Waals surface area contributed by atoms with E-state index in [1.165, 1.54) is 9.90 Å². The maximum absolute atomic E-state index is 6.41. The predicted molar refractivity (Wildman–Crippen MR) is 105 cm³/mol. The summed E-state index contributed by atoms with van der Waals surface area (Å²) in [5.41, 5.74) is 2.99. The molecule has 120 valence electrons. The fourth-order valence-corrected chi connectivity index (χ4v) is 3.57. The molecule has 4 rings (SSSR count). The van der Waals surface area contributed by atoms with Gasteiger partial charge in [-0.15, -0.1) is 0 Å². The number of halogens is 3. The number of nitrogens with one attached hydrogen (secondary N) is 1. The van der Waals surface area contributed by atoms with Gasteiger partial charge >= 0.3 is 0 Å². The van der Waals surface area contributed by atoms with E-state index in [1.54, 1.807) is 6.07 Å². The van der Waals surface area contributed by atoms with E-state index in [0.29, 0.717) is 16.0 Å².